The minimum atomic E-state index is -1.51. The molecule has 1 aliphatic heterocycles. The highest BCUT2D eigenvalue weighted by molar-refractivity contribution is 7.14. The molecule has 26 heavy (non-hydrogen) atoms. The van der Waals surface area contributed by atoms with E-state index >= 15 is 0 Å². The number of thiophene rings is 1. The molecule has 9 heteroatoms. The van der Waals surface area contributed by atoms with Crippen molar-refractivity contribution in [3.05, 3.63) is 45.9 Å². The molecule has 3 heterocycles. The summed E-state index contributed by atoms with van der Waals surface area (Å²) < 4.78 is 5.27. The molecule has 4 N–H and O–H groups in total. The van der Waals surface area contributed by atoms with E-state index in [0.717, 1.165) is 25.1 Å². The minimum absolute atomic E-state index is 0.226. The normalized spacial score (nSPS) is 15.6. The van der Waals surface area contributed by atoms with Crippen LogP contribution < -0.4 is 15.4 Å². The van der Waals surface area contributed by atoms with E-state index in [9.17, 15) is 19.8 Å². The number of carboxylic acids is 1. The number of aromatic nitrogens is 1. The van der Waals surface area contributed by atoms with Crippen molar-refractivity contribution in [1.29, 1.82) is 0 Å². The monoisotopic (exact) mass is 377 g/mol. The van der Waals surface area contributed by atoms with E-state index in [0.29, 0.717) is 4.88 Å². The molecule has 0 radical (unpaired) electrons. The number of pyridine rings is 1. The number of carboxylic acid groups (broad SMARTS) is 1. The Labute approximate surface area is 153 Å². The SMILES string of the molecule is O=C(NCC(O)C(Oc1cccnc1)C(=O)O)c1cc2c(s1)CCNC2. The Morgan fingerprint density at radius 2 is 2.31 bits per heavy atom. The maximum absolute atomic E-state index is 12.3. The molecule has 0 spiro atoms. The number of nitrogens with one attached hydrogen (secondary N) is 2. The fraction of sp³-hybridized carbons (Fsp3) is 0.353. The van der Waals surface area contributed by atoms with Crippen LogP contribution >= 0.6 is 11.3 Å². The Morgan fingerprint density at radius 1 is 1.46 bits per heavy atom. The standard InChI is InChI=1S/C17H19N3O5S/c21-12(15(17(23)24)25-11-2-1-4-18-8-11)9-20-16(22)14-6-10-7-19-5-3-13(10)26-14/h1-2,4,6,8,12,15,19,21H,3,5,7,9H2,(H,20,22)(H,23,24). The van der Waals surface area contributed by atoms with Gasteiger partial charge in [0.25, 0.3) is 5.91 Å². The van der Waals surface area contributed by atoms with Gasteiger partial charge in [0.05, 0.1) is 11.1 Å². The molecular weight excluding hydrogens is 358 g/mol. The fourth-order valence-electron chi connectivity index (χ4n) is 2.61. The van der Waals surface area contributed by atoms with Crippen molar-refractivity contribution in [2.45, 2.75) is 25.2 Å². The minimum Gasteiger partial charge on any atom is -0.478 e. The lowest BCUT2D eigenvalue weighted by Gasteiger charge is -2.20. The largest absolute Gasteiger partial charge is 0.478 e. The highest BCUT2D eigenvalue weighted by Gasteiger charge is 2.29. The van der Waals surface area contributed by atoms with Gasteiger partial charge in [0.1, 0.15) is 11.9 Å². The molecule has 2 atom stereocenters. The second-order valence-electron chi connectivity index (χ2n) is 5.83. The molecule has 1 aliphatic rings. The smallest absolute Gasteiger partial charge is 0.347 e. The van der Waals surface area contributed by atoms with E-state index in [2.05, 4.69) is 15.6 Å². The summed E-state index contributed by atoms with van der Waals surface area (Å²) in [5, 5.41) is 25.2. The third kappa shape index (κ3) is 4.37. The molecule has 1 amide bonds. The molecule has 0 aliphatic carbocycles. The number of aliphatic hydroxyl groups excluding tert-OH is 1. The van der Waals surface area contributed by atoms with Crippen LogP contribution in [0.3, 0.4) is 0 Å². The molecule has 0 fully saturated rings. The predicted octanol–water partition coefficient (Wildman–Crippen LogP) is 0.412. The lowest BCUT2D eigenvalue weighted by Crippen LogP contribution is -2.45. The lowest BCUT2D eigenvalue weighted by atomic mass is 10.1. The predicted molar refractivity (Wildman–Crippen MR) is 94.4 cm³/mol. The fourth-order valence-corrected chi connectivity index (χ4v) is 3.71. The molecule has 2 unspecified atom stereocenters. The van der Waals surface area contributed by atoms with Crippen molar-refractivity contribution >= 4 is 23.2 Å². The van der Waals surface area contributed by atoms with Crippen LogP contribution in [0.15, 0.2) is 30.6 Å². The highest BCUT2D eigenvalue weighted by Crippen LogP contribution is 2.25. The van der Waals surface area contributed by atoms with E-state index in [4.69, 9.17) is 4.74 Å². The summed E-state index contributed by atoms with van der Waals surface area (Å²) in [6.07, 6.45) is 0.838. The summed E-state index contributed by atoms with van der Waals surface area (Å²) in [7, 11) is 0. The molecule has 0 saturated heterocycles. The summed E-state index contributed by atoms with van der Waals surface area (Å²) >= 11 is 1.42. The number of aliphatic carboxylic acids is 1. The van der Waals surface area contributed by atoms with Crippen LogP contribution in [0.1, 0.15) is 20.1 Å². The second kappa shape index (κ2) is 8.26. The van der Waals surface area contributed by atoms with Crippen molar-refractivity contribution in [1.82, 2.24) is 15.6 Å². The van der Waals surface area contributed by atoms with Crippen LogP contribution in [0.5, 0.6) is 5.75 Å². The van der Waals surface area contributed by atoms with Gasteiger partial charge in [0.2, 0.25) is 6.10 Å². The number of carbonyl (C=O) groups is 2. The van der Waals surface area contributed by atoms with Gasteiger partial charge in [-0.25, -0.2) is 4.79 Å². The van der Waals surface area contributed by atoms with Crippen LogP contribution in [0.2, 0.25) is 0 Å². The van der Waals surface area contributed by atoms with E-state index in [1.54, 1.807) is 12.1 Å². The van der Waals surface area contributed by atoms with E-state index in [-0.39, 0.29) is 18.2 Å². The zero-order valence-electron chi connectivity index (χ0n) is 13.8. The summed E-state index contributed by atoms with van der Waals surface area (Å²) in [5.41, 5.74) is 1.11. The molecule has 0 bridgehead atoms. The maximum atomic E-state index is 12.3. The number of aliphatic hydroxyl groups is 1. The first-order valence-corrected chi connectivity index (χ1v) is 8.94. The van der Waals surface area contributed by atoms with Gasteiger partial charge < -0.3 is 25.6 Å². The van der Waals surface area contributed by atoms with Crippen LogP contribution in [-0.4, -0.2) is 52.4 Å². The first kappa shape index (κ1) is 18.3. The van der Waals surface area contributed by atoms with E-state index in [1.165, 1.54) is 28.6 Å². The van der Waals surface area contributed by atoms with Gasteiger partial charge in [0, 0.05) is 30.7 Å². The number of rotatable bonds is 7. The third-order valence-electron chi connectivity index (χ3n) is 3.93. The highest BCUT2D eigenvalue weighted by atomic mass is 32.1. The van der Waals surface area contributed by atoms with E-state index < -0.39 is 18.2 Å². The first-order valence-electron chi connectivity index (χ1n) is 8.12. The second-order valence-corrected chi connectivity index (χ2v) is 6.97. The number of fused-ring (bicyclic) bond motifs is 1. The van der Waals surface area contributed by atoms with Crippen molar-refractivity contribution in [3.63, 3.8) is 0 Å². The number of hydrogen-bond acceptors (Lipinski definition) is 7. The Hall–Kier alpha value is -2.49. The van der Waals surface area contributed by atoms with Gasteiger partial charge in [-0.05, 0) is 30.2 Å². The van der Waals surface area contributed by atoms with Crippen molar-refractivity contribution < 1.29 is 24.5 Å². The number of carbonyl (C=O) groups excluding carboxylic acids is 1. The van der Waals surface area contributed by atoms with E-state index in [1.807, 2.05) is 6.07 Å². The van der Waals surface area contributed by atoms with Crippen LogP contribution in [0, 0.1) is 0 Å². The van der Waals surface area contributed by atoms with Gasteiger partial charge >= 0.3 is 5.97 Å². The Morgan fingerprint density at radius 3 is 3.00 bits per heavy atom. The molecule has 2 aromatic rings. The van der Waals surface area contributed by atoms with Gasteiger partial charge in [-0.1, -0.05) is 0 Å². The summed E-state index contributed by atoms with van der Waals surface area (Å²) in [5.74, 6) is -1.44. The molecule has 138 valence electrons. The average Bonchev–Trinajstić information content (AvgIpc) is 3.09. The van der Waals surface area contributed by atoms with Crippen molar-refractivity contribution in [3.8, 4) is 5.75 Å². The molecule has 8 nitrogen and oxygen atoms in total. The molecule has 0 aromatic carbocycles. The van der Waals surface area contributed by atoms with Crippen LogP contribution in [0.4, 0.5) is 0 Å². The molecule has 3 rings (SSSR count). The number of ether oxygens (including phenoxy) is 1. The Balaban J connectivity index is 1.59. The Bertz CT molecular complexity index is 756. The number of nitrogens with zero attached hydrogens (tertiary/aromatic N) is 1. The van der Waals surface area contributed by atoms with Gasteiger partial charge in [-0.3, -0.25) is 9.78 Å². The quantitative estimate of drug-likeness (QED) is 0.551. The summed E-state index contributed by atoms with van der Waals surface area (Å²) in [6.45, 7) is 1.39. The maximum Gasteiger partial charge on any atom is 0.347 e. The van der Waals surface area contributed by atoms with Crippen molar-refractivity contribution in [2.24, 2.45) is 0 Å². The first-order chi connectivity index (χ1) is 12.5. The zero-order chi connectivity index (χ0) is 18.5. The van der Waals surface area contributed by atoms with Crippen LogP contribution in [-0.2, 0) is 17.8 Å². The summed E-state index contributed by atoms with van der Waals surface area (Å²) in [4.78, 5) is 29.2. The topological polar surface area (TPSA) is 121 Å². The third-order valence-corrected chi connectivity index (χ3v) is 5.16. The summed E-state index contributed by atoms with van der Waals surface area (Å²) in [6, 6.07) is 4.96. The van der Waals surface area contributed by atoms with Crippen LogP contribution in [0.25, 0.3) is 0 Å². The Kier molecular flexibility index (Phi) is 5.82. The molecule has 0 saturated carbocycles. The van der Waals surface area contributed by atoms with Crippen molar-refractivity contribution in [2.75, 3.05) is 13.1 Å². The van der Waals surface area contributed by atoms with Gasteiger partial charge in [0.15, 0.2) is 0 Å². The molecule has 2 aromatic heterocycles. The number of hydrogen-bond donors (Lipinski definition) is 4. The zero-order valence-corrected chi connectivity index (χ0v) is 14.7. The average molecular weight is 377 g/mol. The lowest BCUT2D eigenvalue weighted by molar-refractivity contribution is -0.150. The number of amides is 1. The molecular formula is C17H19N3O5S. The van der Waals surface area contributed by atoms with Gasteiger partial charge in [-0.2, -0.15) is 0 Å². The van der Waals surface area contributed by atoms with Gasteiger partial charge in [-0.15, -0.1) is 11.3 Å².